The van der Waals surface area contributed by atoms with Gasteiger partial charge in [0.2, 0.25) is 0 Å². The van der Waals surface area contributed by atoms with Crippen molar-refractivity contribution in [1.29, 1.82) is 0 Å². The van der Waals surface area contributed by atoms with Crippen LogP contribution in [0.1, 0.15) is 16.1 Å². The van der Waals surface area contributed by atoms with E-state index in [-0.39, 0.29) is 10.8 Å². The van der Waals surface area contributed by atoms with Crippen LogP contribution in [0, 0.1) is 5.82 Å². The van der Waals surface area contributed by atoms with Crippen molar-refractivity contribution in [2.45, 2.75) is 6.18 Å². The van der Waals surface area contributed by atoms with E-state index >= 15 is 0 Å². The Morgan fingerprint density at radius 1 is 1.06 bits per heavy atom. The molecule has 0 bridgehead atoms. The maximum Gasteiger partial charge on any atom is 0.434 e. The van der Waals surface area contributed by atoms with Crippen molar-refractivity contribution in [3.63, 3.8) is 0 Å². The van der Waals surface area contributed by atoms with E-state index in [2.05, 4.69) is 15.4 Å². The van der Waals surface area contributed by atoms with Crippen LogP contribution in [0.2, 0.25) is 5.02 Å². The summed E-state index contributed by atoms with van der Waals surface area (Å²) in [5.41, 5.74) is -0.717. The second-order valence-electron chi connectivity index (χ2n) is 6.29. The molecule has 11 heteroatoms. The summed E-state index contributed by atoms with van der Waals surface area (Å²) in [4.78, 5) is 16.8. The smallest absolute Gasteiger partial charge is 0.298 e. The van der Waals surface area contributed by atoms with Gasteiger partial charge in [-0.05, 0) is 48.5 Å². The Morgan fingerprint density at radius 3 is 2.39 bits per heavy atom. The average Bonchev–Trinajstić information content (AvgIpc) is 3.36. The number of rotatable bonds is 4. The van der Waals surface area contributed by atoms with Gasteiger partial charge in [-0.15, -0.1) is 11.3 Å². The Labute approximate surface area is 181 Å². The van der Waals surface area contributed by atoms with Crippen molar-refractivity contribution in [1.82, 2.24) is 14.8 Å². The van der Waals surface area contributed by atoms with Gasteiger partial charge in [0, 0.05) is 16.0 Å². The van der Waals surface area contributed by atoms with E-state index in [1.165, 1.54) is 48.5 Å². The van der Waals surface area contributed by atoms with E-state index in [4.69, 9.17) is 11.6 Å². The van der Waals surface area contributed by atoms with Gasteiger partial charge in [-0.3, -0.25) is 10.1 Å². The highest BCUT2D eigenvalue weighted by molar-refractivity contribution is 7.14. The van der Waals surface area contributed by atoms with E-state index in [1.54, 1.807) is 5.38 Å². The van der Waals surface area contributed by atoms with Gasteiger partial charge < -0.3 is 0 Å². The van der Waals surface area contributed by atoms with Gasteiger partial charge in [0.15, 0.2) is 10.8 Å². The number of thiazole rings is 1. The number of alkyl halides is 3. The van der Waals surface area contributed by atoms with Gasteiger partial charge in [-0.2, -0.15) is 18.3 Å². The number of carbonyl (C=O) groups excluding carboxylic acids is 1. The number of carbonyl (C=O) groups is 1. The molecule has 2 heterocycles. The van der Waals surface area contributed by atoms with Crippen LogP contribution >= 0.6 is 22.9 Å². The van der Waals surface area contributed by atoms with Crippen molar-refractivity contribution < 1.29 is 22.4 Å². The lowest BCUT2D eigenvalue weighted by Crippen LogP contribution is -2.20. The van der Waals surface area contributed by atoms with Gasteiger partial charge in [0.1, 0.15) is 5.82 Å². The van der Waals surface area contributed by atoms with Crippen molar-refractivity contribution in [2.75, 3.05) is 5.32 Å². The number of aromatic nitrogens is 3. The summed E-state index contributed by atoms with van der Waals surface area (Å²) in [6.07, 6.45) is -3.99. The van der Waals surface area contributed by atoms with Crippen molar-refractivity contribution in [3.05, 3.63) is 82.2 Å². The predicted octanol–water partition coefficient (Wildman–Crippen LogP) is 6.06. The first-order valence-electron chi connectivity index (χ1n) is 8.66. The first kappa shape index (κ1) is 21.0. The minimum Gasteiger partial charge on any atom is -0.298 e. The molecule has 1 amide bonds. The average molecular weight is 467 g/mol. The zero-order valence-corrected chi connectivity index (χ0v) is 16.9. The summed E-state index contributed by atoms with van der Waals surface area (Å²) in [6.45, 7) is 0. The monoisotopic (exact) mass is 466 g/mol. The van der Waals surface area contributed by atoms with Crippen LogP contribution in [0.4, 0.5) is 22.7 Å². The minimum absolute atomic E-state index is 0.0942. The number of amides is 1. The fourth-order valence-corrected chi connectivity index (χ4v) is 3.66. The third-order valence-electron chi connectivity index (χ3n) is 4.22. The van der Waals surface area contributed by atoms with Crippen LogP contribution in [-0.2, 0) is 6.18 Å². The molecule has 4 rings (SSSR count). The zero-order chi connectivity index (χ0) is 22.2. The summed E-state index contributed by atoms with van der Waals surface area (Å²) < 4.78 is 55.0. The molecule has 158 valence electrons. The molecule has 0 fully saturated rings. The van der Waals surface area contributed by atoms with Gasteiger partial charge in [0.25, 0.3) is 5.91 Å². The number of hydrogen-bond acceptors (Lipinski definition) is 4. The second-order valence-corrected chi connectivity index (χ2v) is 7.59. The molecule has 0 atom stereocenters. The fraction of sp³-hybridized carbons (Fsp3) is 0.0500. The molecule has 0 saturated heterocycles. The van der Waals surface area contributed by atoms with Crippen LogP contribution in [0.5, 0.6) is 0 Å². The maximum atomic E-state index is 13.8. The number of benzene rings is 2. The zero-order valence-electron chi connectivity index (χ0n) is 15.3. The molecule has 0 saturated carbocycles. The molecular formula is C20H11ClF4N4OS. The number of nitrogens with one attached hydrogen (secondary N) is 1. The van der Waals surface area contributed by atoms with E-state index in [9.17, 15) is 22.4 Å². The maximum absolute atomic E-state index is 13.8. The first-order chi connectivity index (χ1) is 14.7. The van der Waals surface area contributed by atoms with Crippen LogP contribution in [-0.4, -0.2) is 20.7 Å². The van der Waals surface area contributed by atoms with E-state index in [0.717, 1.165) is 17.5 Å². The lowest BCUT2D eigenvalue weighted by atomic mass is 10.2. The van der Waals surface area contributed by atoms with Gasteiger partial charge in [-0.1, -0.05) is 11.6 Å². The van der Waals surface area contributed by atoms with E-state index in [1.807, 2.05) is 0 Å². The second kappa shape index (κ2) is 8.12. The number of anilines is 1. The molecule has 5 nitrogen and oxygen atoms in total. The molecule has 2 aromatic carbocycles. The standard InChI is InChI=1S/C20H11ClF4N4OS/c21-12-3-7-14(8-4-12)29-17(20(23,24)25)15(9-26-29)18(30)28-19-27-16(10-31-19)11-1-5-13(22)6-2-11/h1-10H,(H,27,28,30). The number of halogens is 5. The molecular weight excluding hydrogens is 456 g/mol. The third kappa shape index (κ3) is 4.44. The molecule has 0 unspecified atom stereocenters. The number of nitrogens with zero attached hydrogens (tertiary/aromatic N) is 3. The summed E-state index contributed by atoms with van der Waals surface area (Å²) >= 11 is 6.82. The highest BCUT2D eigenvalue weighted by Crippen LogP contribution is 2.34. The molecule has 31 heavy (non-hydrogen) atoms. The molecule has 4 aromatic rings. The third-order valence-corrected chi connectivity index (χ3v) is 5.23. The van der Waals surface area contributed by atoms with Gasteiger partial charge >= 0.3 is 6.18 Å². The highest BCUT2D eigenvalue weighted by atomic mass is 35.5. The summed E-state index contributed by atoms with van der Waals surface area (Å²) in [5, 5.41) is 8.16. The van der Waals surface area contributed by atoms with E-state index < -0.39 is 29.2 Å². The molecule has 2 aromatic heterocycles. The summed E-state index contributed by atoms with van der Waals surface area (Å²) in [7, 11) is 0. The van der Waals surface area contributed by atoms with Crippen LogP contribution in [0.3, 0.4) is 0 Å². The normalized spacial score (nSPS) is 11.5. The van der Waals surface area contributed by atoms with Crippen LogP contribution in [0.25, 0.3) is 16.9 Å². The molecule has 0 aliphatic rings. The van der Waals surface area contributed by atoms with Crippen LogP contribution in [0.15, 0.2) is 60.1 Å². The topological polar surface area (TPSA) is 59.8 Å². The Morgan fingerprint density at radius 2 is 1.74 bits per heavy atom. The molecule has 1 N–H and O–H groups in total. The van der Waals surface area contributed by atoms with Crippen molar-refractivity contribution >= 4 is 34.0 Å². The summed E-state index contributed by atoms with van der Waals surface area (Å²) in [6, 6.07) is 11.1. The Kier molecular flexibility index (Phi) is 5.50. The largest absolute Gasteiger partial charge is 0.434 e. The Hall–Kier alpha value is -3.24. The van der Waals surface area contributed by atoms with Crippen LogP contribution < -0.4 is 5.32 Å². The predicted molar refractivity (Wildman–Crippen MR) is 109 cm³/mol. The molecule has 0 spiro atoms. The lowest BCUT2D eigenvalue weighted by Gasteiger charge is -2.12. The lowest BCUT2D eigenvalue weighted by molar-refractivity contribution is -0.143. The molecule has 0 radical (unpaired) electrons. The fourth-order valence-electron chi connectivity index (χ4n) is 2.81. The highest BCUT2D eigenvalue weighted by Gasteiger charge is 2.40. The van der Waals surface area contributed by atoms with Crippen molar-refractivity contribution in [3.8, 4) is 16.9 Å². The van der Waals surface area contributed by atoms with Crippen molar-refractivity contribution in [2.24, 2.45) is 0 Å². The first-order valence-corrected chi connectivity index (χ1v) is 9.92. The Balaban J connectivity index is 1.63. The van der Waals surface area contributed by atoms with Gasteiger partial charge in [0.05, 0.1) is 23.1 Å². The number of hydrogen-bond donors (Lipinski definition) is 1. The molecule has 0 aliphatic carbocycles. The van der Waals surface area contributed by atoms with Gasteiger partial charge in [-0.25, -0.2) is 14.1 Å². The summed E-state index contributed by atoms with van der Waals surface area (Å²) in [5.74, 6) is -1.42. The quantitative estimate of drug-likeness (QED) is 0.372. The molecule has 0 aliphatic heterocycles. The van der Waals surface area contributed by atoms with E-state index in [0.29, 0.717) is 21.0 Å². The minimum atomic E-state index is -4.84. The SMILES string of the molecule is O=C(Nc1nc(-c2ccc(F)cc2)cs1)c1cnn(-c2ccc(Cl)cc2)c1C(F)(F)F. The Bertz CT molecular complexity index is 1230.